The molecule has 94 valence electrons. The standard InChI is InChI=1S/C9H18N2O4S/c1-6(2)10-16(14,15)11-9(3,8(12)13)7-4-5-7/h6-7,10-11H,4-5H2,1-3H3,(H,12,13). The normalized spacial score (nSPS) is 20.8. The summed E-state index contributed by atoms with van der Waals surface area (Å²) in [4.78, 5) is 11.1. The van der Waals surface area contributed by atoms with E-state index in [1.165, 1.54) is 6.92 Å². The van der Waals surface area contributed by atoms with Gasteiger partial charge in [-0.05, 0) is 39.5 Å². The molecule has 0 aromatic rings. The van der Waals surface area contributed by atoms with Crippen molar-refractivity contribution < 1.29 is 18.3 Å². The predicted octanol–water partition coefficient (Wildman–Crippen LogP) is 0.0721. The van der Waals surface area contributed by atoms with Crippen LogP contribution in [0.3, 0.4) is 0 Å². The summed E-state index contributed by atoms with van der Waals surface area (Å²) in [5.74, 6) is -1.25. The zero-order valence-electron chi connectivity index (χ0n) is 9.65. The summed E-state index contributed by atoms with van der Waals surface area (Å²) in [7, 11) is -3.77. The van der Waals surface area contributed by atoms with E-state index in [-0.39, 0.29) is 12.0 Å². The van der Waals surface area contributed by atoms with Crippen LogP contribution in [0.25, 0.3) is 0 Å². The molecule has 0 saturated heterocycles. The third-order valence-electron chi connectivity index (χ3n) is 2.58. The van der Waals surface area contributed by atoms with Crippen molar-refractivity contribution >= 4 is 16.2 Å². The van der Waals surface area contributed by atoms with Gasteiger partial charge in [0.25, 0.3) is 10.2 Å². The van der Waals surface area contributed by atoms with E-state index in [1.54, 1.807) is 13.8 Å². The molecule has 1 fully saturated rings. The largest absolute Gasteiger partial charge is 0.480 e. The van der Waals surface area contributed by atoms with Gasteiger partial charge in [0.1, 0.15) is 5.54 Å². The highest BCUT2D eigenvalue weighted by molar-refractivity contribution is 7.87. The highest BCUT2D eigenvalue weighted by Gasteiger charge is 2.49. The monoisotopic (exact) mass is 250 g/mol. The zero-order valence-corrected chi connectivity index (χ0v) is 10.5. The summed E-state index contributed by atoms with van der Waals surface area (Å²) in [6.45, 7) is 4.76. The fourth-order valence-electron chi connectivity index (χ4n) is 1.58. The van der Waals surface area contributed by atoms with E-state index in [4.69, 9.17) is 5.11 Å². The first kappa shape index (κ1) is 13.4. The minimum Gasteiger partial charge on any atom is -0.480 e. The quantitative estimate of drug-likeness (QED) is 0.621. The van der Waals surface area contributed by atoms with Gasteiger partial charge in [-0.25, -0.2) is 0 Å². The van der Waals surface area contributed by atoms with Crippen molar-refractivity contribution in [3.63, 3.8) is 0 Å². The molecule has 1 aliphatic rings. The average molecular weight is 250 g/mol. The predicted molar refractivity (Wildman–Crippen MR) is 59.1 cm³/mol. The van der Waals surface area contributed by atoms with Crippen LogP contribution in [0.1, 0.15) is 33.6 Å². The number of carboxylic acids is 1. The molecule has 1 aliphatic carbocycles. The van der Waals surface area contributed by atoms with E-state index in [0.717, 1.165) is 12.8 Å². The number of hydrogen-bond acceptors (Lipinski definition) is 3. The van der Waals surface area contributed by atoms with E-state index in [9.17, 15) is 13.2 Å². The van der Waals surface area contributed by atoms with E-state index < -0.39 is 21.7 Å². The maximum Gasteiger partial charge on any atom is 0.324 e. The summed E-state index contributed by atoms with van der Waals surface area (Å²) < 4.78 is 27.7. The fourth-order valence-corrected chi connectivity index (χ4v) is 3.07. The molecule has 7 heteroatoms. The minimum absolute atomic E-state index is 0.117. The van der Waals surface area contributed by atoms with Crippen molar-refractivity contribution in [2.24, 2.45) is 5.92 Å². The lowest BCUT2D eigenvalue weighted by atomic mass is 9.98. The Morgan fingerprint density at radius 1 is 1.44 bits per heavy atom. The molecule has 1 atom stereocenters. The first-order valence-electron chi connectivity index (χ1n) is 5.22. The maximum absolute atomic E-state index is 11.6. The molecular formula is C9H18N2O4S. The molecule has 0 bridgehead atoms. The number of rotatable bonds is 6. The minimum atomic E-state index is -3.77. The van der Waals surface area contributed by atoms with Gasteiger partial charge in [-0.3, -0.25) is 4.79 Å². The van der Waals surface area contributed by atoms with Gasteiger partial charge in [0.2, 0.25) is 0 Å². The van der Waals surface area contributed by atoms with Crippen LogP contribution in [-0.2, 0) is 15.0 Å². The second-order valence-electron chi connectivity index (χ2n) is 4.66. The SMILES string of the molecule is CC(C)NS(=O)(=O)NC(C)(C(=O)O)C1CC1. The van der Waals surface area contributed by atoms with Crippen LogP contribution in [0.5, 0.6) is 0 Å². The lowest BCUT2D eigenvalue weighted by Gasteiger charge is -2.26. The van der Waals surface area contributed by atoms with Crippen molar-refractivity contribution in [3.05, 3.63) is 0 Å². The molecular weight excluding hydrogens is 232 g/mol. The van der Waals surface area contributed by atoms with Crippen LogP contribution in [0.2, 0.25) is 0 Å². The van der Waals surface area contributed by atoms with Crippen LogP contribution >= 0.6 is 0 Å². The molecule has 0 aliphatic heterocycles. The number of carboxylic acid groups (broad SMARTS) is 1. The first-order chi connectivity index (χ1) is 7.17. The highest BCUT2D eigenvalue weighted by Crippen LogP contribution is 2.40. The number of carbonyl (C=O) groups is 1. The van der Waals surface area contributed by atoms with E-state index in [1.807, 2.05) is 0 Å². The van der Waals surface area contributed by atoms with Gasteiger partial charge >= 0.3 is 5.97 Å². The van der Waals surface area contributed by atoms with Crippen LogP contribution in [0, 0.1) is 5.92 Å². The van der Waals surface area contributed by atoms with Crippen molar-refractivity contribution in [3.8, 4) is 0 Å². The van der Waals surface area contributed by atoms with Gasteiger partial charge in [-0.2, -0.15) is 17.9 Å². The molecule has 0 radical (unpaired) electrons. The maximum atomic E-state index is 11.6. The third kappa shape index (κ3) is 3.16. The van der Waals surface area contributed by atoms with E-state index in [2.05, 4.69) is 9.44 Å². The summed E-state index contributed by atoms with van der Waals surface area (Å²) in [6, 6.07) is -0.269. The molecule has 0 amide bonds. The molecule has 6 nitrogen and oxygen atoms in total. The summed E-state index contributed by atoms with van der Waals surface area (Å²) in [6.07, 6.45) is 1.49. The molecule has 3 N–H and O–H groups in total. The summed E-state index contributed by atoms with van der Waals surface area (Å²) in [5, 5.41) is 9.09. The van der Waals surface area contributed by atoms with Gasteiger partial charge in [0, 0.05) is 6.04 Å². The Bertz CT molecular complexity index is 375. The second kappa shape index (κ2) is 4.31. The van der Waals surface area contributed by atoms with Crippen LogP contribution in [-0.4, -0.2) is 31.1 Å². The molecule has 16 heavy (non-hydrogen) atoms. The van der Waals surface area contributed by atoms with Gasteiger partial charge in [0.15, 0.2) is 0 Å². The Labute approximate surface area is 95.6 Å². The topological polar surface area (TPSA) is 95.5 Å². The van der Waals surface area contributed by atoms with E-state index >= 15 is 0 Å². The van der Waals surface area contributed by atoms with Gasteiger partial charge in [-0.1, -0.05) is 0 Å². The lowest BCUT2D eigenvalue weighted by Crippen LogP contribution is -2.57. The van der Waals surface area contributed by atoms with Crippen molar-refractivity contribution in [1.29, 1.82) is 0 Å². The average Bonchev–Trinajstić information content (AvgIpc) is 2.80. The summed E-state index contributed by atoms with van der Waals surface area (Å²) in [5.41, 5.74) is -1.40. The van der Waals surface area contributed by atoms with Crippen molar-refractivity contribution in [1.82, 2.24) is 9.44 Å². The Balaban J connectivity index is 2.80. The Morgan fingerprint density at radius 3 is 2.25 bits per heavy atom. The summed E-state index contributed by atoms with van der Waals surface area (Å²) >= 11 is 0. The molecule has 1 rings (SSSR count). The highest BCUT2D eigenvalue weighted by atomic mass is 32.2. The molecule has 0 spiro atoms. The van der Waals surface area contributed by atoms with Gasteiger partial charge < -0.3 is 5.11 Å². The molecule has 0 aromatic carbocycles. The Morgan fingerprint density at radius 2 is 1.94 bits per heavy atom. The Hall–Kier alpha value is -0.660. The second-order valence-corrected chi connectivity index (χ2v) is 6.11. The van der Waals surface area contributed by atoms with Gasteiger partial charge in [-0.15, -0.1) is 0 Å². The van der Waals surface area contributed by atoms with E-state index in [0.29, 0.717) is 0 Å². The molecule has 0 heterocycles. The lowest BCUT2D eigenvalue weighted by molar-refractivity contribution is -0.144. The number of hydrogen-bond donors (Lipinski definition) is 3. The third-order valence-corrected chi connectivity index (χ3v) is 4.05. The molecule has 1 unspecified atom stereocenters. The molecule has 0 aromatic heterocycles. The zero-order chi connectivity index (χ0) is 12.6. The molecule has 1 saturated carbocycles. The van der Waals surface area contributed by atoms with Crippen LogP contribution in [0.4, 0.5) is 0 Å². The number of aliphatic carboxylic acids is 1. The van der Waals surface area contributed by atoms with Crippen LogP contribution in [0.15, 0.2) is 0 Å². The van der Waals surface area contributed by atoms with Gasteiger partial charge in [0.05, 0.1) is 0 Å². The fraction of sp³-hybridized carbons (Fsp3) is 0.889. The first-order valence-corrected chi connectivity index (χ1v) is 6.70. The number of nitrogens with one attached hydrogen (secondary N) is 2. The van der Waals surface area contributed by atoms with Crippen molar-refractivity contribution in [2.45, 2.75) is 45.2 Å². The van der Waals surface area contributed by atoms with Crippen LogP contribution < -0.4 is 9.44 Å². The van der Waals surface area contributed by atoms with Crippen molar-refractivity contribution in [2.75, 3.05) is 0 Å². The smallest absolute Gasteiger partial charge is 0.324 e. The Kier molecular flexibility index (Phi) is 3.61.